The summed E-state index contributed by atoms with van der Waals surface area (Å²) in [4.78, 5) is 11.7. The van der Waals surface area contributed by atoms with Crippen LogP contribution in [0.4, 0.5) is 5.69 Å². The van der Waals surface area contributed by atoms with Gasteiger partial charge >= 0.3 is 0 Å². The Labute approximate surface area is 104 Å². The summed E-state index contributed by atoms with van der Waals surface area (Å²) in [7, 11) is -3.80. The molecule has 0 unspecified atom stereocenters. The number of carbonyl (C=O) groups is 1. The van der Waals surface area contributed by atoms with Crippen LogP contribution in [0.2, 0.25) is 0 Å². The van der Waals surface area contributed by atoms with Gasteiger partial charge in [0, 0.05) is 5.69 Å². The maximum atomic E-state index is 11.8. The van der Waals surface area contributed by atoms with Crippen LogP contribution in [0.1, 0.15) is 12.8 Å². The number of nitriles is 1. The second kappa shape index (κ2) is 4.08. The van der Waals surface area contributed by atoms with Crippen molar-refractivity contribution in [1.29, 1.82) is 5.26 Å². The van der Waals surface area contributed by atoms with E-state index in [0.29, 0.717) is 18.5 Å². The topological polar surface area (TPSA) is 113 Å². The molecule has 0 atom stereocenters. The van der Waals surface area contributed by atoms with Gasteiger partial charge in [-0.2, -0.15) is 5.26 Å². The number of nitrogens with two attached hydrogens (primary N) is 1. The molecule has 0 heterocycles. The number of primary sulfonamides is 1. The molecule has 0 aromatic heterocycles. The van der Waals surface area contributed by atoms with Crippen LogP contribution in [0.15, 0.2) is 29.2 Å². The Balaban J connectivity index is 2.21. The predicted octanol–water partition coefficient (Wildman–Crippen LogP) is 0.576. The van der Waals surface area contributed by atoms with Crippen molar-refractivity contribution in [3.05, 3.63) is 24.3 Å². The van der Waals surface area contributed by atoms with E-state index < -0.39 is 21.3 Å². The average molecular weight is 265 g/mol. The molecule has 1 saturated carbocycles. The standard InChI is InChI=1S/C11H11N3O3S/c12-7-11(4-5-11)10(15)14-8-2-1-3-9(6-8)18(13,16)17/h1-3,6H,4-5H2,(H,14,15)(H2,13,16,17). The molecule has 1 aliphatic rings. The largest absolute Gasteiger partial charge is 0.325 e. The van der Waals surface area contributed by atoms with Crippen LogP contribution in [0.25, 0.3) is 0 Å². The molecule has 3 N–H and O–H groups in total. The molecular formula is C11H11N3O3S. The van der Waals surface area contributed by atoms with Crippen molar-refractivity contribution < 1.29 is 13.2 Å². The van der Waals surface area contributed by atoms with E-state index in [1.807, 2.05) is 6.07 Å². The van der Waals surface area contributed by atoms with Gasteiger partial charge in [-0.1, -0.05) is 6.07 Å². The van der Waals surface area contributed by atoms with E-state index in [4.69, 9.17) is 10.4 Å². The molecule has 1 aromatic rings. The molecule has 1 amide bonds. The van der Waals surface area contributed by atoms with Gasteiger partial charge in [0.1, 0.15) is 5.41 Å². The lowest BCUT2D eigenvalue weighted by molar-refractivity contribution is -0.119. The van der Waals surface area contributed by atoms with Gasteiger partial charge in [0.2, 0.25) is 15.9 Å². The first-order valence-electron chi connectivity index (χ1n) is 5.23. The minimum Gasteiger partial charge on any atom is -0.325 e. The van der Waals surface area contributed by atoms with Crippen LogP contribution in [-0.4, -0.2) is 14.3 Å². The van der Waals surface area contributed by atoms with E-state index in [2.05, 4.69) is 5.32 Å². The highest BCUT2D eigenvalue weighted by Crippen LogP contribution is 2.45. The summed E-state index contributed by atoms with van der Waals surface area (Å²) in [6.07, 6.45) is 1.06. The zero-order chi connectivity index (χ0) is 13.4. The van der Waals surface area contributed by atoms with Gasteiger partial charge in [-0.05, 0) is 31.0 Å². The van der Waals surface area contributed by atoms with Crippen LogP contribution in [-0.2, 0) is 14.8 Å². The number of amides is 1. The first-order chi connectivity index (χ1) is 8.37. The monoisotopic (exact) mass is 265 g/mol. The van der Waals surface area contributed by atoms with Gasteiger partial charge in [0.25, 0.3) is 0 Å². The van der Waals surface area contributed by atoms with Crippen molar-refractivity contribution in [2.24, 2.45) is 10.6 Å². The SMILES string of the molecule is N#CC1(C(=O)Nc2cccc(S(N)(=O)=O)c2)CC1. The third-order valence-corrected chi connectivity index (χ3v) is 3.73. The van der Waals surface area contributed by atoms with Gasteiger partial charge in [-0.25, -0.2) is 13.6 Å². The second-order valence-electron chi connectivity index (χ2n) is 4.22. The van der Waals surface area contributed by atoms with Crippen molar-refractivity contribution in [2.75, 3.05) is 5.32 Å². The fourth-order valence-corrected chi connectivity index (χ4v) is 2.08. The first-order valence-corrected chi connectivity index (χ1v) is 6.78. The smallest absolute Gasteiger partial charge is 0.244 e. The molecular weight excluding hydrogens is 254 g/mol. The molecule has 94 valence electrons. The molecule has 1 fully saturated rings. The summed E-state index contributed by atoms with van der Waals surface area (Å²) >= 11 is 0. The van der Waals surface area contributed by atoms with Crippen molar-refractivity contribution in [3.8, 4) is 6.07 Å². The number of hydrogen-bond acceptors (Lipinski definition) is 4. The third-order valence-electron chi connectivity index (χ3n) is 2.82. The maximum absolute atomic E-state index is 11.8. The molecule has 1 aromatic carbocycles. The van der Waals surface area contributed by atoms with E-state index in [0.717, 1.165) is 0 Å². The van der Waals surface area contributed by atoms with E-state index in [1.165, 1.54) is 18.2 Å². The molecule has 0 radical (unpaired) electrons. The van der Waals surface area contributed by atoms with Gasteiger partial charge in [-0.3, -0.25) is 4.79 Å². The quantitative estimate of drug-likeness (QED) is 0.831. The summed E-state index contributed by atoms with van der Waals surface area (Å²) in [5.74, 6) is -0.406. The fourth-order valence-electron chi connectivity index (χ4n) is 1.52. The Kier molecular flexibility index (Phi) is 2.84. The van der Waals surface area contributed by atoms with Crippen molar-refractivity contribution in [3.63, 3.8) is 0 Å². The maximum Gasteiger partial charge on any atom is 0.244 e. The Bertz CT molecular complexity index is 642. The summed E-state index contributed by atoms with van der Waals surface area (Å²) in [5, 5.41) is 16.4. The molecule has 1 aliphatic carbocycles. The van der Waals surface area contributed by atoms with E-state index >= 15 is 0 Å². The van der Waals surface area contributed by atoms with Gasteiger partial charge in [-0.15, -0.1) is 0 Å². The lowest BCUT2D eigenvalue weighted by Crippen LogP contribution is -2.23. The van der Waals surface area contributed by atoms with Gasteiger partial charge < -0.3 is 5.32 Å². The van der Waals surface area contributed by atoms with Crippen molar-refractivity contribution >= 4 is 21.6 Å². The molecule has 6 nitrogen and oxygen atoms in total. The molecule has 0 spiro atoms. The summed E-state index contributed by atoms with van der Waals surface area (Å²) < 4.78 is 22.3. The number of hydrogen-bond donors (Lipinski definition) is 2. The second-order valence-corrected chi connectivity index (χ2v) is 5.78. The van der Waals surface area contributed by atoms with E-state index in [-0.39, 0.29) is 4.90 Å². The average Bonchev–Trinajstić information content (AvgIpc) is 3.09. The Morgan fingerprint density at radius 3 is 2.61 bits per heavy atom. The zero-order valence-electron chi connectivity index (χ0n) is 9.38. The number of anilines is 1. The molecule has 0 saturated heterocycles. The number of rotatable bonds is 3. The van der Waals surface area contributed by atoms with Gasteiger partial charge in [0.15, 0.2) is 0 Å². The normalized spacial score (nSPS) is 16.7. The number of carbonyl (C=O) groups excluding carboxylic acids is 1. The number of nitrogens with zero attached hydrogens (tertiary/aromatic N) is 1. The highest BCUT2D eigenvalue weighted by atomic mass is 32.2. The van der Waals surface area contributed by atoms with Gasteiger partial charge in [0.05, 0.1) is 11.0 Å². The molecule has 7 heteroatoms. The highest BCUT2D eigenvalue weighted by Gasteiger charge is 2.50. The summed E-state index contributed by atoms with van der Waals surface area (Å²) in [5.41, 5.74) is -0.634. The van der Waals surface area contributed by atoms with Crippen molar-refractivity contribution in [1.82, 2.24) is 0 Å². The lowest BCUT2D eigenvalue weighted by atomic mass is 10.1. The summed E-state index contributed by atoms with van der Waals surface area (Å²) in [6, 6.07) is 7.58. The van der Waals surface area contributed by atoms with E-state index in [9.17, 15) is 13.2 Å². The summed E-state index contributed by atoms with van der Waals surface area (Å²) in [6.45, 7) is 0. The minimum atomic E-state index is -3.80. The minimum absolute atomic E-state index is 0.0814. The molecule has 0 bridgehead atoms. The first kappa shape index (κ1) is 12.5. The van der Waals surface area contributed by atoms with Crippen LogP contribution >= 0.6 is 0 Å². The Morgan fingerprint density at radius 2 is 2.11 bits per heavy atom. The van der Waals surface area contributed by atoms with Crippen LogP contribution in [0, 0.1) is 16.7 Å². The van der Waals surface area contributed by atoms with Crippen LogP contribution in [0.3, 0.4) is 0 Å². The molecule has 2 rings (SSSR count). The van der Waals surface area contributed by atoms with E-state index in [1.54, 1.807) is 6.07 Å². The molecule has 18 heavy (non-hydrogen) atoms. The number of benzene rings is 1. The fraction of sp³-hybridized carbons (Fsp3) is 0.273. The van der Waals surface area contributed by atoms with Crippen LogP contribution < -0.4 is 10.5 Å². The zero-order valence-corrected chi connectivity index (χ0v) is 10.2. The Hall–Kier alpha value is -1.91. The predicted molar refractivity (Wildman–Crippen MR) is 63.7 cm³/mol. The highest BCUT2D eigenvalue weighted by molar-refractivity contribution is 7.89. The number of nitrogens with one attached hydrogen (secondary N) is 1. The van der Waals surface area contributed by atoms with Crippen molar-refractivity contribution in [2.45, 2.75) is 17.7 Å². The Morgan fingerprint density at radius 1 is 1.44 bits per heavy atom. The third kappa shape index (κ3) is 2.34. The molecule has 0 aliphatic heterocycles. The lowest BCUT2D eigenvalue weighted by Gasteiger charge is -2.08. The number of sulfonamides is 1. The van der Waals surface area contributed by atoms with Crippen LogP contribution in [0.5, 0.6) is 0 Å².